The van der Waals surface area contributed by atoms with E-state index in [2.05, 4.69) is 22.9 Å². The van der Waals surface area contributed by atoms with Gasteiger partial charge in [-0.1, -0.05) is 0 Å². The predicted molar refractivity (Wildman–Crippen MR) is 86.9 cm³/mol. The molecule has 0 unspecified atom stereocenters. The number of nitrogens with one attached hydrogen (secondary N) is 1. The molecule has 20 heavy (non-hydrogen) atoms. The lowest BCUT2D eigenvalue weighted by Gasteiger charge is -2.04. The van der Waals surface area contributed by atoms with E-state index in [1.165, 1.54) is 27.9 Å². The van der Waals surface area contributed by atoms with Gasteiger partial charge in [-0.05, 0) is 49.1 Å². The van der Waals surface area contributed by atoms with E-state index in [1.54, 1.807) is 11.3 Å². The third-order valence-electron chi connectivity index (χ3n) is 2.86. The molecule has 0 aliphatic heterocycles. The number of carboxylic acid groups (broad SMARTS) is 1. The zero-order valence-electron chi connectivity index (χ0n) is 10.9. The smallest absolute Gasteiger partial charge is 0.314 e. The van der Waals surface area contributed by atoms with Crippen molar-refractivity contribution >= 4 is 59.9 Å². The van der Waals surface area contributed by atoms with Gasteiger partial charge in [0.1, 0.15) is 5.75 Å². The third-order valence-corrected chi connectivity index (χ3v) is 5.45. The van der Waals surface area contributed by atoms with Crippen molar-refractivity contribution in [3.63, 3.8) is 0 Å². The second-order valence-corrected chi connectivity index (χ2v) is 7.39. The fraction of sp³-hybridized carbons (Fsp3) is 0.417. The van der Waals surface area contributed by atoms with E-state index in [0.29, 0.717) is 10.7 Å². The Morgan fingerprint density at radius 2 is 2.35 bits per heavy atom. The first-order valence-electron chi connectivity index (χ1n) is 6.01. The van der Waals surface area contributed by atoms with E-state index in [4.69, 9.17) is 16.2 Å². The molecule has 1 heterocycles. The molecule has 0 amide bonds. The summed E-state index contributed by atoms with van der Waals surface area (Å²) in [6.07, 6.45) is 2.44. The minimum absolute atomic E-state index is 0.102. The van der Waals surface area contributed by atoms with Crippen molar-refractivity contribution in [1.29, 1.82) is 5.41 Å². The van der Waals surface area contributed by atoms with Gasteiger partial charge in [0.05, 0.1) is 0 Å². The number of aryl methyl sites for hydroxylation is 1. The Balaban J connectivity index is 2.25. The zero-order chi connectivity index (χ0) is 14.9. The van der Waals surface area contributed by atoms with Crippen molar-refractivity contribution in [2.45, 2.75) is 25.7 Å². The Hall–Kier alpha value is -0.860. The van der Waals surface area contributed by atoms with Crippen molar-refractivity contribution in [3.8, 4) is 0 Å². The number of thioether (sulfide) groups is 1. The predicted octanol–water partition coefficient (Wildman–Crippen LogP) is 3.04. The second-order valence-electron chi connectivity index (χ2n) is 4.55. The molecule has 0 radical (unpaired) electrons. The Morgan fingerprint density at radius 3 is 2.85 bits per heavy atom. The molecule has 0 saturated heterocycles. The number of amidine groups is 2. The maximum Gasteiger partial charge on any atom is 0.314 e. The van der Waals surface area contributed by atoms with Crippen LogP contribution in [0.3, 0.4) is 0 Å². The number of rotatable bonds is 4. The first-order valence-corrected chi connectivity index (χ1v) is 8.61. The molecular formula is C12H15BrN3O2S2+. The second kappa shape index (κ2) is 6.28. The van der Waals surface area contributed by atoms with Crippen LogP contribution in [0.2, 0.25) is 0 Å². The van der Waals surface area contributed by atoms with Crippen LogP contribution in [0, 0.1) is 12.3 Å². The normalized spacial score (nSPS) is 15.9. The van der Waals surface area contributed by atoms with Crippen LogP contribution >= 0.6 is 39.0 Å². The van der Waals surface area contributed by atoms with Gasteiger partial charge in [0, 0.05) is 20.8 Å². The Kier molecular flexibility index (Phi) is 4.87. The fourth-order valence-electron chi connectivity index (χ4n) is 1.84. The molecule has 1 saturated carbocycles. The van der Waals surface area contributed by atoms with Crippen LogP contribution in [0.5, 0.6) is 0 Å². The number of hydrogen-bond acceptors (Lipinski definition) is 4. The fourth-order valence-corrected chi connectivity index (χ4v) is 4.45. The molecule has 5 nitrogen and oxygen atoms in total. The number of carboxylic acids is 1. The molecule has 1 aromatic heterocycles. The molecule has 2 rings (SSSR count). The molecule has 1 aromatic rings. The minimum atomic E-state index is -0.950. The first-order chi connectivity index (χ1) is 9.40. The van der Waals surface area contributed by atoms with E-state index < -0.39 is 5.97 Å². The summed E-state index contributed by atoms with van der Waals surface area (Å²) in [5.41, 5.74) is 7.00. The van der Waals surface area contributed by atoms with Crippen LogP contribution in [0.15, 0.2) is 6.07 Å². The van der Waals surface area contributed by atoms with Gasteiger partial charge in [-0.2, -0.15) is 9.98 Å². The summed E-state index contributed by atoms with van der Waals surface area (Å²) in [6, 6.07) is 2.00. The minimum Gasteiger partial charge on any atom is -0.481 e. The van der Waals surface area contributed by atoms with E-state index in [9.17, 15) is 4.79 Å². The standard InChI is InChI=1S/C12H14BrN3O2S2/c1-6-4-8(20-10(6)7-2-3-7)16(11(13)14)12(15)19-5-9(17)18/h4,7,14-15H,2-3,5H2,1H3,(H,17,18)/p+1. The number of thiophene rings is 1. The highest BCUT2D eigenvalue weighted by Gasteiger charge is 2.29. The third kappa shape index (κ3) is 3.62. The summed E-state index contributed by atoms with van der Waals surface area (Å²) >= 11 is 5.76. The number of carbonyl (C=O) groups is 1. The highest BCUT2D eigenvalue weighted by Crippen LogP contribution is 2.47. The quantitative estimate of drug-likeness (QED) is 0.326. The van der Waals surface area contributed by atoms with E-state index in [-0.39, 0.29) is 10.9 Å². The monoisotopic (exact) mass is 376 g/mol. The summed E-state index contributed by atoms with van der Waals surface area (Å²) in [5, 5.41) is 17.7. The maximum atomic E-state index is 10.6. The van der Waals surface area contributed by atoms with Crippen molar-refractivity contribution in [2.24, 2.45) is 5.73 Å². The van der Waals surface area contributed by atoms with Crippen molar-refractivity contribution in [1.82, 2.24) is 0 Å². The number of halogens is 1. The van der Waals surface area contributed by atoms with Crippen LogP contribution in [-0.2, 0) is 4.79 Å². The molecule has 0 atom stereocenters. The topological polar surface area (TPSA) is 90.2 Å². The summed E-state index contributed by atoms with van der Waals surface area (Å²) in [5.74, 6) is -0.461. The van der Waals surface area contributed by atoms with E-state index in [1.807, 2.05) is 6.07 Å². The number of nitrogens with zero attached hydrogens (tertiary/aromatic N) is 1. The van der Waals surface area contributed by atoms with Gasteiger partial charge in [-0.25, -0.2) is 0 Å². The van der Waals surface area contributed by atoms with Crippen LogP contribution in [0.1, 0.15) is 29.2 Å². The van der Waals surface area contributed by atoms with Crippen LogP contribution in [0.4, 0.5) is 5.00 Å². The van der Waals surface area contributed by atoms with Gasteiger partial charge in [0.15, 0.2) is 5.00 Å². The average Bonchev–Trinajstić information content (AvgIpc) is 3.11. The molecule has 0 aromatic carbocycles. The molecule has 0 spiro atoms. The molecule has 1 aliphatic carbocycles. The Labute approximate surface area is 133 Å². The Bertz CT molecular complexity index is 590. The van der Waals surface area contributed by atoms with Gasteiger partial charge in [0.25, 0.3) is 9.91 Å². The highest BCUT2D eigenvalue weighted by atomic mass is 79.9. The lowest BCUT2D eigenvalue weighted by molar-refractivity contribution is -0.292. The van der Waals surface area contributed by atoms with Crippen molar-refractivity contribution in [2.75, 3.05) is 5.75 Å². The van der Waals surface area contributed by atoms with Crippen molar-refractivity contribution in [3.05, 3.63) is 16.5 Å². The van der Waals surface area contributed by atoms with Crippen molar-refractivity contribution < 1.29 is 14.5 Å². The summed E-state index contributed by atoms with van der Waals surface area (Å²) < 4.78 is 1.83. The van der Waals surface area contributed by atoms with Gasteiger partial charge < -0.3 is 10.8 Å². The number of hydrogen-bond donors (Lipinski definition) is 3. The number of nitrogens with two attached hydrogens (primary N) is 1. The van der Waals surface area contributed by atoms with E-state index >= 15 is 0 Å². The molecular weight excluding hydrogens is 362 g/mol. The van der Waals surface area contributed by atoms with Crippen LogP contribution in [0.25, 0.3) is 0 Å². The Morgan fingerprint density at radius 1 is 1.70 bits per heavy atom. The largest absolute Gasteiger partial charge is 0.481 e. The SMILES string of the molecule is Cc1cc([N+](C(=N)SCC(=O)O)=C(N)Br)sc1C1CC1. The molecule has 108 valence electrons. The molecule has 0 bridgehead atoms. The molecule has 1 fully saturated rings. The molecule has 4 N–H and O–H groups in total. The van der Waals surface area contributed by atoms with Gasteiger partial charge in [-0.15, -0.1) is 11.3 Å². The van der Waals surface area contributed by atoms with E-state index in [0.717, 1.165) is 16.8 Å². The lowest BCUT2D eigenvalue weighted by atomic mass is 10.2. The van der Waals surface area contributed by atoms with Gasteiger partial charge in [0.2, 0.25) is 0 Å². The zero-order valence-corrected chi connectivity index (χ0v) is 14.1. The van der Waals surface area contributed by atoms with Gasteiger partial charge in [-0.3, -0.25) is 4.79 Å². The lowest BCUT2D eigenvalue weighted by Crippen LogP contribution is -2.23. The number of aliphatic carboxylic acids is 1. The summed E-state index contributed by atoms with van der Waals surface area (Å²) in [4.78, 5) is 11.9. The first kappa shape index (κ1) is 15.5. The summed E-state index contributed by atoms with van der Waals surface area (Å²) in [6.45, 7) is 2.06. The molecule has 1 aliphatic rings. The van der Waals surface area contributed by atoms with Crippen LogP contribution in [-0.4, -0.2) is 31.3 Å². The van der Waals surface area contributed by atoms with Crippen LogP contribution < -0.4 is 5.73 Å². The molecule has 8 heteroatoms. The van der Waals surface area contributed by atoms with Gasteiger partial charge >= 0.3 is 5.97 Å². The summed E-state index contributed by atoms with van der Waals surface area (Å²) in [7, 11) is 0. The average molecular weight is 377 g/mol. The maximum absolute atomic E-state index is 10.6. The highest BCUT2D eigenvalue weighted by molar-refractivity contribution is 9.18.